The Kier molecular flexibility index (Phi) is 4.51. The number of rotatable bonds is 5. The number of ether oxygens (including phenoxy) is 1. The van der Waals surface area contributed by atoms with Crippen molar-refractivity contribution in [3.63, 3.8) is 0 Å². The summed E-state index contributed by atoms with van der Waals surface area (Å²) in [5, 5.41) is 0. The molecule has 100 valence electrons. The van der Waals surface area contributed by atoms with E-state index in [-0.39, 0.29) is 18.0 Å². The van der Waals surface area contributed by atoms with Gasteiger partial charge in [0.05, 0.1) is 4.90 Å². The molecule has 5 N–H and O–H groups in total. The van der Waals surface area contributed by atoms with Crippen LogP contribution in [0.5, 0.6) is 0 Å². The van der Waals surface area contributed by atoms with Gasteiger partial charge in [-0.25, -0.2) is 17.9 Å². The molecule has 18 heavy (non-hydrogen) atoms. The molecule has 0 unspecified atom stereocenters. The van der Waals surface area contributed by atoms with Crippen molar-refractivity contribution < 1.29 is 17.9 Å². The van der Waals surface area contributed by atoms with Crippen molar-refractivity contribution >= 4 is 21.8 Å². The van der Waals surface area contributed by atoms with Gasteiger partial charge >= 0.3 is 6.09 Å². The topological polar surface area (TPSA) is 125 Å². The molecular weight excluding hydrogens is 258 g/mol. The molecule has 0 aliphatic rings. The summed E-state index contributed by atoms with van der Waals surface area (Å²) < 4.78 is 30.5. The fourth-order valence-electron chi connectivity index (χ4n) is 1.38. The highest BCUT2D eigenvalue weighted by molar-refractivity contribution is 7.89. The molecule has 8 heteroatoms. The first-order valence-electron chi connectivity index (χ1n) is 5.11. The van der Waals surface area contributed by atoms with Gasteiger partial charge in [0.1, 0.15) is 6.61 Å². The highest BCUT2D eigenvalue weighted by Crippen LogP contribution is 2.17. The Morgan fingerprint density at radius 3 is 2.67 bits per heavy atom. The first-order valence-corrected chi connectivity index (χ1v) is 6.59. The van der Waals surface area contributed by atoms with Gasteiger partial charge in [0, 0.05) is 12.2 Å². The van der Waals surface area contributed by atoms with E-state index >= 15 is 0 Å². The van der Waals surface area contributed by atoms with Crippen molar-refractivity contribution in [1.82, 2.24) is 4.72 Å². The maximum absolute atomic E-state index is 11.9. The molecule has 0 spiro atoms. The van der Waals surface area contributed by atoms with Gasteiger partial charge in [-0.3, -0.25) is 0 Å². The molecule has 0 saturated carbocycles. The average molecular weight is 273 g/mol. The van der Waals surface area contributed by atoms with E-state index < -0.39 is 16.1 Å². The van der Waals surface area contributed by atoms with Gasteiger partial charge in [0.2, 0.25) is 10.0 Å². The number of nitrogens with two attached hydrogens (primary N) is 2. The molecule has 0 aliphatic heterocycles. The number of amides is 1. The molecule has 0 aliphatic carbocycles. The number of sulfonamides is 1. The summed E-state index contributed by atoms with van der Waals surface area (Å²) in [6, 6.07) is 4.48. The van der Waals surface area contributed by atoms with E-state index in [1.165, 1.54) is 12.1 Å². The van der Waals surface area contributed by atoms with Crippen LogP contribution in [0.25, 0.3) is 0 Å². The van der Waals surface area contributed by atoms with Gasteiger partial charge in [0.25, 0.3) is 0 Å². The molecule has 0 heterocycles. The van der Waals surface area contributed by atoms with Crippen LogP contribution in [-0.4, -0.2) is 27.7 Å². The van der Waals surface area contributed by atoms with Gasteiger partial charge in [0.15, 0.2) is 0 Å². The Morgan fingerprint density at radius 1 is 1.44 bits per heavy atom. The summed E-state index contributed by atoms with van der Waals surface area (Å²) in [5.41, 5.74) is 11.3. The van der Waals surface area contributed by atoms with E-state index in [2.05, 4.69) is 9.46 Å². The number of carbonyl (C=O) groups is 1. The predicted molar refractivity (Wildman–Crippen MR) is 66.3 cm³/mol. The van der Waals surface area contributed by atoms with E-state index in [9.17, 15) is 13.2 Å². The zero-order chi connectivity index (χ0) is 13.8. The lowest BCUT2D eigenvalue weighted by molar-refractivity contribution is 0.159. The lowest BCUT2D eigenvalue weighted by Gasteiger charge is -2.09. The maximum atomic E-state index is 11.9. The fraction of sp³-hybridized carbons (Fsp3) is 0.300. The predicted octanol–water partition coefficient (Wildman–Crippen LogP) is -0.0492. The molecule has 0 atom stereocenters. The lowest BCUT2D eigenvalue weighted by Crippen LogP contribution is -2.29. The molecule has 0 bridgehead atoms. The maximum Gasteiger partial charge on any atom is 0.404 e. The zero-order valence-corrected chi connectivity index (χ0v) is 10.7. The number of aryl methyl sites for hydroxylation is 1. The van der Waals surface area contributed by atoms with Crippen LogP contribution in [-0.2, 0) is 14.8 Å². The second-order valence-electron chi connectivity index (χ2n) is 3.59. The Labute approximate surface area is 105 Å². The lowest BCUT2D eigenvalue weighted by atomic mass is 10.2. The average Bonchev–Trinajstić information content (AvgIpc) is 2.23. The van der Waals surface area contributed by atoms with Crippen LogP contribution in [0.4, 0.5) is 10.5 Å². The Balaban J connectivity index is 2.71. The first kappa shape index (κ1) is 14.3. The summed E-state index contributed by atoms with van der Waals surface area (Å²) in [6.07, 6.45) is -0.946. The monoisotopic (exact) mass is 273 g/mol. The molecule has 0 radical (unpaired) electrons. The number of carbonyl (C=O) groups excluding carboxylic acids is 1. The summed E-state index contributed by atoms with van der Waals surface area (Å²) in [5.74, 6) is 0. The second kappa shape index (κ2) is 5.69. The van der Waals surface area contributed by atoms with Crippen molar-refractivity contribution in [3.05, 3.63) is 23.8 Å². The molecule has 1 amide bonds. The van der Waals surface area contributed by atoms with E-state index in [1.54, 1.807) is 13.0 Å². The largest absolute Gasteiger partial charge is 0.448 e. The molecule has 0 saturated heterocycles. The number of anilines is 1. The minimum absolute atomic E-state index is 0.0465. The zero-order valence-electron chi connectivity index (χ0n) is 9.84. The Bertz CT molecular complexity index is 542. The number of hydrogen-bond donors (Lipinski definition) is 3. The Hall–Kier alpha value is -1.80. The van der Waals surface area contributed by atoms with Crippen molar-refractivity contribution in [3.8, 4) is 0 Å². The van der Waals surface area contributed by atoms with Gasteiger partial charge in [-0.2, -0.15) is 0 Å². The third-order valence-corrected chi connectivity index (χ3v) is 3.75. The summed E-state index contributed by atoms with van der Waals surface area (Å²) in [7, 11) is -3.64. The number of primary amides is 1. The molecule has 1 aromatic rings. The molecular formula is C10H15N3O4S. The minimum atomic E-state index is -3.64. The number of nitrogen functional groups attached to an aromatic ring is 1. The van der Waals surface area contributed by atoms with E-state index in [4.69, 9.17) is 11.5 Å². The number of nitrogens with one attached hydrogen (secondary N) is 1. The normalized spacial score (nSPS) is 11.2. The van der Waals surface area contributed by atoms with Gasteiger partial charge in [-0.1, -0.05) is 0 Å². The van der Waals surface area contributed by atoms with Crippen LogP contribution in [0.2, 0.25) is 0 Å². The van der Waals surface area contributed by atoms with Gasteiger partial charge in [-0.05, 0) is 30.7 Å². The minimum Gasteiger partial charge on any atom is -0.448 e. The van der Waals surface area contributed by atoms with E-state index in [1.807, 2.05) is 0 Å². The highest BCUT2D eigenvalue weighted by atomic mass is 32.2. The van der Waals surface area contributed by atoms with Crippen LogP contribution < -0.4 is 16.2 Å². The molecule has 0 fully saturated rings. The fourth-order valence-corrected chi connectivity index (χ4v) is 2.62. The van der Waals surface area contributed by atoms with Crippen LogP contribution in [0.15, 0.2) is 23.1 Å². The molecule has 1 rings (SSSR count). The van der Waals surface area contributed by atoms with E-state index in [0.29, 0.717) is 11.3 Å². The number of hydrogen-bond acceptors (Lipinski definition) is 5. The SMILES string of the molecule is Cc1cc(N)ccc1S(=O)(=O)NCCOC(N)=O. The third-order valence-electron chi connectivity index (χ3n) is 2.13. The Morgan fingerprint density at radius 2 is 2.11 bits per heavy atom. The van der Waals surface area contributed by atoms with Gasteiger partial charge in [-0.15, -0.1) is 0 Å². The van der Waals surface area contributed by atoms with Crippen LogP contribution in [0.3, 0.4) is 0 Å². The summed E-state index contributed by atoms with van der Waals surface area (Å²) in [4.78, 5) is 10.4. The standard InChI is InChI=1S/C10H15N3O4S/c1-7-6-8(11)2-3-9(7)18(15,16)13-4-5-17-10(12)14/h2-3,6,13H,4-5,11H2,1H3,(H2,12,14). The molecule has 1 aromatic carbocycles. The van der Waals surface area contributed by atoms with Crippen LogP contribution in [0, 0.1) is 6.92 Å². The van der Waals surface area contributed by atoms with Crippen LogP contribution >= 0.6 is 0 Å². The van der Waals surface area contributed by atoms with Crippen LogP contribution in [0.1, 0.15) is 5.56 Å². The smallest absolute Gasteiger partial charge is 0.404 e. The third kappa shape index (κ3) is 3.90. The van der Waals surface area contributed by atoms with Crippen molar-refractivity contribution in [1.29, 1.82) is 0 Å². The van der Waals surface area contributed by atoms with Crippen molar-refractivity contribution in [2.75, 3.05) is 18.9 Å². The number of benzene rings is 1. The highest BCUT2D eigenvalue weighted by Gasteiger charge is 2.16. The molecule has 0 aromatic heterocycles. The van der Waals surface area contributed by atoms with Crippen molar-refractivity contribution in [2.45, 2.75) is 11.8 Å². The second-order valence-corrected chi connectivity index (χ2v) is 5.33. The molecule has 7 nitrogen and oxygen atoms in total. The van der Waals surface area contributed by atoms with Gasteiger partial charge < -0.3 is 16.2 Å². The van der Waals surface area contributed by atoms with Crippen molar-refractivity contribution in [2.24, 2.45) is 5.73 Å². The first-order chi connectivity index (χ1) is 8.33. The quantitative estimate of drug-likeness (QED) is 0.512. The summed E-state index contributed by atoms with van der Waals surface area (Å²) >= 11 is 0. The van der Waals surface area contributed by atoms with E-state index in [0.717, 1.165) is 0 Å². The summed E-state index contributed by atoms with van der Waals surface area (Å²) in [6.45, 7) is 1.47.